The van der Waals surface area contributed by atoms with Crippen LogP contribution in [0.3, 0.4) is 0 Å². The fourth-order valence-corrected chi connectivity index (χ4v) is 3.84. The largest absolute Gasteiger partial charge is 0.304 e. The molecule has 0 spiro atoms. The van der Waals surface area contributed by atoms with Crippen LogP contribution in [0.15, 0.2) is 82.6 Å². The van der Waals surface area contributed by atoms with E-state index in [0.717, 1.165) is 32.0 Å². The van der Waals surface area contributed by atoms with E-state index in [9.17, 15) is 0 Å². The lowest BCUT2D eigenvalue weighted by atomic mass is 9.99. The number of nitrogens with two attached hydrogens (primary N) is 4. The second kappa shape index (κ2) is 8.12. The molecule has 0 heterocycles. The van der Waals surface area contributed by atoms with Gasteiger partial charge in [0, 0.05) is 9.79 Å². The average Bonchev–Trinajstić information content (AvgIpc) is 2.61. The highest BCUT2D eigenvalue weighted by Crippen LogP contribution is 2.30. The SMILES string of the molecule is NC(=[NH2+])Sc1cccc(-c2cccc(-c3cccc(SC(N)=[NH2+])c3)c2)c1. The molecule has 0 saturated carbocycles. The molecular formula is C20H20N4S2+2. The molecule has 26 heavy (non-hydrogen) atoms. The van der Waals surface area contributed by atoms with Crippen molar-refractivity contribution >= 4 is 33.9 Å². The summed E-state index contributed by atoms with van der Waals surface area (Å²) in [5, 5.41) is 11.9. The molecule has 0 aliphatic carbocycles. The van der Waals surface area contributed by atoms with E-state index in [4.69, 9.17) is 22.3 Å². The van der Waals surface area contributed by atoms with Crippen LogP contribution >= 0.6 is 23.5 Å². The molecule has 8 N–H and O–H groups in total. The molecule has 0 bridgehead atoms. The maximum Gasteiger partial charge on any atom is 0.304 e. The molecule has 0 saturated heterocycles. The van der Waals surface area contributed by atoms with Crippen molar-refractivity contribution in [2.24, 2.45) is 11.5 Å². The fraction of sp³-hybridized carbons (Fsp3) is 0. The normalized spacial score (nSPS) is 10.5. The minimum Gasteiger partial charge on any atom is -0.281 e. The molecule has 0 amide bonds. The number of benzene rings is 3. The minimum atomic E-state index is 0.334. The second-order valence-corrected chi connectivity index (χ2v) is 7.94. The molecule has 0 unspecified atom stereocenters. The van der Waals surface area contributed by atoms with E-state index < -0.39 is 0 Å². The van der Waals surface area contributed by atoms with Gasteiger partial charge in [0.15, 0.2) is 0 Å². The first-order chi connectivity index (χ1) is 12.5. The molecule has 130 valence electrons. The Bertz CT molecular complexity index is 895. The highest BCUT2D eigenvalue weighted by Gasteiger charge is 2.07. The van der Waals surface area contributed by atoms with Gasteiger partial charge in [0.05, 0.1) is 0 Å². The van der Waals surface area contributed by atoms with Crippen LogP contribution in [0.2, 0.25) is 0 Å². The summed E-state index contributed by atoms with van der Waals surface area (Å²) in [6.07, 6.45) is 0. The van der Waals surface area contributed by atoms with Gasteiger partial charge in [-0.25, -0.2) is 0 Å². The van der Waals surface area contributed by atoms with Gasteiger partial charge in [-0.15, -0.1) is 0 Å². The number of thioether (sulfide) groups is 2. The van der Waals surface area contributed by atoms with Crippen LogP contribution in [0, 0.1) is 0 Å². The van der Waals surface area contributed by atoms with Crippen molar-refractivity contribution in [3.8, 4) is 22.3 Å². The van der Waals surface area contributed by atoms with E-state index >= 15 is 0 Å². The summed E-state index contributed by atoms with van der Waals surface area (Å²) >= 11 is 2.72. The molecule has 0 atom stereocenters. The molecule has 3 aromatic carbocycles. The molecule has 0 aromatic heterocycles. The monoisotopic (exact) mass is 380 g/mol. The Morgan fingerprint density at radius 1 is 0.577 bits per heavy atom. The topological polar surface area (TPSA) is 103 Å². The highest BCUT2D eigenvalue weighted by molar-refractivity contribution is 8.13. The summed E-state index contributed by atoms with van der Waals surface area (Å²) in [6, 6.07) is 24.7. The lowest BCUT2D eigenvalue weighted by Crippen LogP contribution is -2.43. The van der Waals surface area contributed by atoms with Crippen molar-refractivity contribution in [2.75, 3.05) is 0 Å². The first kappa shape index (κ1) is 18.1. The van der Waals surface area contributed by atoms with Crippen LogP contribution in [0.5, 0.6) is 0 Å². The van der Waals surface area contributed by atoms with Crippen LogP contribution in [0.25, 0.3) is 22.3 Å². The Kier molecular flexibility index (Phi) is 5.65. The van der Waals surface area contributed by atoms with E-state index in [2.05, 4.69) is 48.5 Å². The van der Waals surface area contributed by atoms with Crippen molar-refractivity contribution < 1.29 is 10.8 Å². The van der Waals surface area contributed by atoms with Gasteiger partial charge < -0.3 is 0 Å². The molecule has 0 fully saturated rings. The summed E-state index contributed by atoms with van der Waals surface area (Å²) in [6.45, 7) is 0. The standard InChI is InChI=1S/C20H18N4S2/c21-19(22)25-17-8-2-6-15(11-17)13-4-1-5-14(10-13)16-7-3-9-18(12-16)26-20(23)24/h1-12H,(H3,21,22)(H3,23,24)/p+2. The number of hydrogen-bond donors (Lipinski definition) is 4. The third kappa shape index (κ3) is 4.68. The van der Waals surface area contributed by atoms with Crippen molar-refractivity contribution in [3.63, 3.8) is 0 Å². The van der Waals surface area contributed by atoms with Crippen molar-refractivity contribution in [2.45, 2.75) is 9.79 Å². The van der Waals surface area contributed by atoms with E-state index in [1.807, 2.05) is 24.3 Å². The molecule has 0 aliphatic rings. The highest BCUT2D eigenvalue weighted by atomic mass is 32.2. The Hall–Kier alpha value is -2.70. The van der Waals surface area contributed by atoms with Gasteiger partial charge in [0.1, 0.15) is 0 Å². The zero-order valence-electron chi connectivity index (χ0n) is 14.1. The molecule has 6 heteroatoms. The van der Waals surface area contributed by atoms with Gasteiger partial charge in [0.2, 0.25) is 0 Å². The van der Waals surface area contributed by atoms with E-state index in [1.54, 1.807) is 0 Å². The van der Waals surface area contributed by atoms with E-state index in [-0.39, 0.29) is 0 Å². The lowest BCUT2D eigenvalue weighted by molar-refractivity contribution is -0.110. The molecule has 3 aromatic rings. The second-order valence-electron chi connectivity index (χ2n) is 5.65. The third-order valence-electron chi connectivity index (χ3n) is 3.67. The van der Waals surface area contributed by atoms with Crippen molar-refractivity contribution in [3.05, 3.63) is 72.8 Å². The van der Waals surface area contributed by atoms with Crippen LogP contribution in [-0.2, 0) is 0 Å². The zero-order chi connectivity index (χ0) is 18.5. The maximum absolute atomic E-state index is 5.60. The fourth-order valence-electron chi connectivity index (χ4n) is 2.63. The first-order valence-corrected chi connectivity index (χ1v) is 9.57. The van der Waals surface area contributed by atoms with Gasteiger partial charge in [-0.05, 0) is 76.1 Å². The Morgan fingerprint density at radius 3 is 1.31 bits per heavy atom. The van der Waals surface area contributed by atoms with Gasteiger partial charge >= 0.3 is 10.3 Å². The molecule has 0 aliphatic heterocycles. The lowest BCUT2D eigenvalue weighted by Gasteiger charge is -2.08. The first-order valence-electron chi connectivity index (χ1n) is 7.94. The van der Waals surface area contributed by atoms with Gasteiger partial charge in [-0.1, -0.05) is 42.5 Å². The summed E-state index contributed by atoms with van der Waals surface area (Å²) in [5.41, 5.74) is 15.7. The van der Waals surface area contributed by atoms with Crippen molar-refractivity contribution in [1.82, 2.24) is 0 Å². The van der Waals surface area contributed by atoms with Gasteiger partial charge in [-0.2, -0.15) is 0 Å². The third-order valence-corrected chi connectivity index (χ3v) is 5.12. The summed E-state index contributed by atoms with van der Waals surface area (Å²) in [4.78, 5) is 2.03. The Morgan fingerprint density at radius 2 is 0.923 bits per heavy atom. The van der Waals surface area contributed by atoms with Crippen LogP contribution in [0.1, 0.15) is 0 Å². The zero-order valence-corrected chi connectivity index (χ0v) is 15.7. The molecular weight excluding hydrogens is 360 g/mol. The van der Waals surface area contributed by atoms with Crippen LogP contribution in [-0.4, -0.2) is 10.3 Å². The molecule has 0 radical (unpaired) electrons. The summed E-state index contributed by atoms with van der Waals surface area (Å²) in [7, 11) is 0. The van der Waals surface area contributed by atoms with Gasteiger partial charge in [0.25, 0.3) is 0 Å². The van der Waals surface area contributed by atoms with E-state index in [0.29, 0.717) is 10.3 Å². The van der Waals surface area contributed by atoms with Crippen LogP contribution in [0.4, 0.5) is 0 Å². The summed E-state index contributed by atoms with van der Waals surface area (Å²) < 4.78 is 0. The maximum atomic E-state index is 5.60. The average molecular weight is 381 g/mol. The minimum absolute atomic E-state index is 0.334. The molecule has 4 nitrogen and oxygen atoms in total. The Labute approximate surface area is 161 Å². The summed E-state index contributed by atoms with van der Waals surface area (Å²) in [5.74, 6) is 0. The predicted molar refractivity (Wildman–Crippen MR) is 111 cm³/mol. The van der Waals surface area contributed by atoms with Gasteiger partial charge in [-0.3, -0.25) is 22.3 Å². The Balaban J connectivity index is 1.94. The number of rotatable bonds is 4. The van der Waals surface area contributed by atoms with Crippen molar-refractivity contribution in [1.29, 1.82) is 0 Å². The predicted octanol–water partition coefficient (Wildman–Crippen LogP) is 1.35. The van der Waals surface area contributed by atoms with Crippen LogP contribution < -0.4 is 22.3 Å². The quantitative estimate of drug-likeness (QED) is 0.312. The van der Waals surface area contributed by atoms with E-state index in [1.165, 1.54) is 23.5 Å². The molecule has 3 rings (SSSR count). The number of amidine groups is 2. The number of hydrogen-bond acceptors (Lipinski definition) is 2. The smallest absolute Gasteiger partial charge is 0.281 e.